The van der Waals surface area contributed by atoms with E-state index in [1.807, 2.05) is 0 Å². The SMILES string of the molecule is CN(Cc1ccc(F)cc1F)C(=O)CCCNC(=O)OC(C)(C)C. The molecule has 0 aliphatic rings. The van der Waals surface area contributed by atoms with Crippen molar-refractivity contribution in [1.29, 1.82) is 0 Å². The molecule has 2 amide bonds. The Morgan fingerprint density at radius 3 is 2.50 bits per heavy atom. The van der Waals surface area contributed by atoms with Crippen LogP contribution in [-0.4, -0.2) is 36.1 Å². The molecule has 0 heterocycles. The number of nitrogens with zero attached hydrogens (tertiary/aromatic N) is 1. The van der Waals surface area contributed by atoms with E-state index in [1.54, 1.807) is 27.8 Å². The fourth-order valence-electron chi connectivity index (χ4n) is 1.93. The highest BCUT2D eigenvalue weighted by atomic mass is 19.1. The summed E-state index contributed by atoms with van der Waals surface area (Å²) in [5.41, 5.74) is -0.321. The van der Waals surface area contributed by atoms with Crippen molar-refractivity contribution >= 4 is 12.0 Å². The van der Waals surface area contributed by atoms with Crippen LogP contribution in [-0.2, 0) is 16.1 Å². The molecule has 0 spiro atoms. The van der Waals surface area contributed by atoms with Crippen molar-refractivity contribution in [2.45, 2.75) is 45.8 Å². The minimum atomic E-state index is -0.679. The van der Waals surface area contributed by atoms with Crippen LogP contribution in [0.25, 0.3) is 0 Å². The summed E-state index contributed by atoms with van der Waals surface area (Å²) < 4.78 is 31.5. The standard InChI is InChI=1S/C17H24F2N2O3/c1-17(2,3)24-16(23)20-9-5-6-15(22)21(4)11-12-7-8-13(18)10-14(12)19/h7-8,10H,5-6,9,11H2,1-4H3,(H,20,23). The Morgan fingerprint density at radius 2 is 1.92 bits per heavy atom. The fraction of sp³-hybridized carbons (Fsp3) is 0.529. The van der Waals surface area contributed by atoms with Crippen molar-refractivity contribution in [2.24, 2.45) is 0 Å². The van der Waals surface area contributed by atoms with E-state index in [2.05, 4.69) is 5.32 Å². The zero-order valence-electron chi connectivity index (χ0n) is 14.5. The number of benzene rings is 1. The van der Waals surface area contributed by atoms with Gasteiger partial charge in [-0.25, -0.2) is 13.6 Å². The molecule has 0 atom stereocenters. The number of carbonyl (C=O) groups excluding carboxylic acids is 2. The van der Waals surface area contributed by atoms with Gasteiger partial charge >= 0.3 is 6.09 Å². The lowest BCUT2D eigenvalue weighted by molar-refractivity contribution is -0.130. The van der Waals surface area contributed by atoms with Gasteiger partial charge in [-0.05, 0) is 33.3 Å². The van der Waals surface area contributed by atoms with Gasteiger partial charge in [0.1, 0.15) is 17.2 Å². The van der Waals surface area contributed by atoms with Crippen LogP contribution in [0, 0.1) is 11.6 Å². The lowest BCUT2D eigenvalue weighted by atomic mass is 10.2. The third kappa shape index (κ3) is 7.39. The first kappa shape index (κ1) is 19.9. The Bertz CT molecular complexity index is 586. The van der Waals surface area contributed by atoms with Crippen molar-refractivity contribution in [3.63, 3.8) is 0 Å². The van der Waals surface area contributed by atoms with E-state index < -0.39 is 23.3 Å². The molecule has 1 rings (SSSR count). The number of halogens is 2. The minimum Gasteiger partial charge on any atom is -0.444 e. The second kappa shape index (κ2) is 8.61. The number of hydrogen-bond acceptors (Lipinski definition) is 3. The zero-order chi connectivity index (χ0) is 18.3. The summed E-state index contributed by atoms with van der Waals surface area (Å²) >= 11 is 0. The van der Waals surface area contributed by atoms with Crippen LogP contribution in [0.3, 0.4) is 0 Å². The molecule has 0 aliphatic carbocycles. The van der Waals surface area contributed by atoms with Crippen LogP contribution in [0.2, 0.25) is 0 Å². The molecular weight excluding hydrogens is 318 g/mol. The van der Waals surface area contributed by atoms with Crippen molar-refractivity contribution in [3.05, 3.63) is 35.4 Å². The van der Waals surface area contributed by atoms with E-state index in [0.717, 1.165) is 12.1 Å². The van der Waals surface area contributed by atoms with Gasteiger partial charge in [-0.1, -0.05) is 6.07 Å². The molecule has 0 aromatic heterocycles. The minimum absolute atomic E-state index is 0.0600. The average molecular weight is 342 g/mol. The monoisotopic (exact) mass is 342 g/mol. The molecule has 5 nitrogen and oxygen atoms in total. The largest absolute Gasteiger partial charge is 0.444 e. The lowest BCUT2D eigenvalue weighted by Crippen LogP contribution is -2.33. The van der Waals surface area contributed by atoms with Crippen LogP contribution >= 0.6 is 0 Å². The Hall–Kier alpha value is -2.18. The first-order chi connectivity index (χ1) is 11.1. The normalized spacial score (nSPS) is 11.1. The van der Waals surface area contributed by atoms with Gasteiger partial charge in [0.05, 0.1) is 0 Å². The van der Waals surface area contributed by atoms with E-state index >= 15 is 0 Å². The summed E-state index contributed by atoms with van der Waals surface area (Å²) in [5.74, 6) is -1.52. The Labute approximate surface area is 141 Å². The molecule has 0 unspecified atom stereocenters. The predicted octanol–water partition coefficient (Wildman–Crippen LogP) is 3.23. The van der Waals surface area contributed by atoms with Gasteiger partial charge in [0.2, 0.25) is 5.91 Å². The van der Waals surface area contributed by atoms with Gasteiger partial charge in [0.25, 0.3) is 0 Å². The first-order valence-electron chi connectivity index (χ1n) is 7.73. The van der Waals surface area contributed by atoms with E-state index in [0.29, 0.717) is 13.0 Å². The zero-order valence-corrected chi connectivity index (χ0v) is 14.5. The molecular formula is C17H24F2N2O3. The molecule has 1 aromatic rings. The van der Waals surface area contributed by atoms with Crippen molar-refractivity contribution in [3.8, 4) is 0 Å². The molecule has 24 heavy (non-hydrogen) atoms. The summed E-state index contributed by atoms with van der Waals surface area (Å²) in [5, 5.41) is 2.56. The Kier molecular flexibility index (Phi) is 7.13. The average Bonchev–Trinajstić information content (AvgIpc) is 2.44. The molecule has 0 fully saturated rings. The smallest absolute Gasteiger partial charge is 0.407 e. The maximum atomic E-state index is 13.6. The maximum Gasteiger partial charge on any atom is 0.407 e. The van der Waals surface area contributed by atoms with Crippen LogP contribution in [0.4, 0.5) is 13.6 Å². The van der Waals surface area contributed by atoms with Crippen LogP contribution in [0.15, 0.2) is 18.2 Å². The summed E-state index contributed by atoms with van der Waals surface area (Å²) in [7, 11) is 1.55. The molecule has 0 bridgehead atoms. The molecule has 1 aromatic carbocycles. The highest BCUT2D eigenvalue weighted by molar-refractivity contribution is 5.76. The summed E-state index contributed by atoms with van der Waals surface area (Å²) in [6.07, 6.45) is 0.111. The Balaban J connectivity index is 2.33. The number of ether oxygens (including phenoxy) is 1. The van der Waals surface area contributed by atoms with Crippen molar-refractivity contribution < 1.29 is 23.1 Å². The second-order valence-corrected chi connectivity index (χ2v) is 6.52. The van der Waals surface area contributed by atoms with E-state index in [-0.39, 0.29) is 24.4 Å². The molecule has 1 N–H and O–H groups in total. The van der Waals surface area contributed by atoms with E-state index in [1.165, 1.54) is 11.0 Å². The number of hydrogen-bond donors (Lipinski definition) is 1. The third-order valence-electron chi connectivity index (χ3n) is 3.08. The highest BCUT2D eigenvalue weighted by Gasteiger charge is 2.16. The maximum absolute atomic E-state index is 13.6. The third-order valence-corrected chi connectivity index (χ3v) is 3.08. The van der Waals surface area contributed by atoms with Gasteiger partial charge in [0.15, 0.2) is 0 Å². The quantitative estimate of drug-likeness (QED) is 0.808. The lowest BCUT2D eigenvalue weighted by Gasteiger charge is -2.20. The number of carbonyl (C=O) groups is 2. The summed E-state index contributed by atoms with van der Waals surface area (Å²) in [6.45, 7) is 5.66. The van der Waals surface area contributed by atoms with Gasteiger partial charge < -0.3 is 15.0 Å². The summed E-state index contributed by atoms with van der Waals surface area (Å²) in [4.78, 5) is 24.8. The number of amides is 2. The van der Waals surface area contributed by atoms with Gasteiger partial charge in [-0.3, -0.25) is 4.79 Å². The predicted molar refractivity (Wildman–Crippen MR) is 86.3 cm³/mol. The van der Waals surface area contributed by atoms with Crippen LogP contribution in [0.1, 0.15) is 39.2 Å². The van der Waals surface area contributed by atoms with Gasteiger partial charge in [0, 0.05) is 38.2 Å². The molecule has 0 saturated carbocycles. The number of alkyl carbamates (subject to hydrolysis) is 1. The molecule has 134 valence electrons. The number of nitrogens with one attached hydrogen (secondary N) is 1. The van der Waals surface area contributed by atoms with Crippen LogP contribution < -0.4 is 5.32 Å². The number of rotatable bonds is 6. The van der Waals surface area contributed by atoms with Crippen molar-refractivity contribution in [2.75, 3.05) is 13.6 Å². The van der Waals surface area contributed by atoms with Crippen molar-refractivity contribution in [1.82, 2.24) is 10.2 Å². The topological polar surface area (TPSA) is 58.6 Å². The first-order valence-corrected chi connectivity index (χ1v) is 7.73. The van der Waals surface area contributed by atoms with E-state index in [9.17, 15) is 18.4 Å². The molecule has 7 heteroatoms. The van der Waals surface area contributed by atoms with E-state index in [4.69, 9.17) is 4.74 Å². The van der Waals surface area contributed by atoms with Gasteiger partial charge in [-0.15, -0.1) is 0 Å². The van der Waals surface area contributed by atoms with Gasteiger partial charge in [-0.2, -0.15) is 0 Å². The summed E-state index contributed by atoms with van der Waals surface area (Å²) in [6, 6.07) is 3.26. The van der Waals surface area contributed by atoms with Crippen LogP contribution in [0.5, 0.6) is 0 Å². The second-order valence-electron chi connectivity index (χ2n) is 6.52. The molecule has 0 saturated heterocycles. The Morgan fingerprint density at radius 1 is 1.25 bits per heavy atom. The molecule has 0 aliphatic heterocycles. The molecule has 0 radical (unpaired) electrons. The highest BCUT2D eigenvalue weighted by Crippen LogP contribution is 2.12. The fourth-order valence-corrected chi connectivity index (χ4v) is 1.93.